The van der Waals surface area contributed by atoms with Crippen molar-refractivity contribution < 1.29 is 14.1 Å². The number of benzene rings is 2. The van der Waals surface area contributed by atoms with Crippen LogP contribution < -0.4 is 15.0 Å². The molecule has 8 nitrogen and oxygen atoms in total. The lowest BCUT2D eigenvalue weighted by atomic mass is 9.95. The van der Waals surface area contributed by atoms with Gasteiger partial charge in [-0.25, -0.2) is 4.98 Å². The molecule has 1 amide bonds. The minimum absolute atomic E-state index is 0.00455. The molecule has 1 fully saturated rings. The Labute approximate surface area is 204 Å². The predicted molar refractivity (Wildman–Crippen MR) is 134 cm³/mol. The molecule has 0 radical (unpaired) electrons. The van der Waals surface area contributed by atoms with Crippen LogP contribution in [-0.4, -0.2) is 47.8 Å². The van der Waals surface area contributed by atoms with Gasteiger partial charge in [-0.05, 0) is 48.6 Å². The van der Waals surface area contributed by atoms with Crippen molar-refractivity contribution in [2.45, 2.75) is 25.7 Å². The minimum Gasteiger partial charge on any atom is -0.497 e. The molecule has 2 aromatic carbocycles. The second-order valence-corrected chi connectivity index (χ2v) is 8.96. The number of aromatic nitrogens is 3. The van der Waals surface area contributed by atoms with Gasteiger partial charge in [0.2, 0.25) is 5.91 Å². The highest BCUT2D eigenvalue weighted by Crippen LogP contribution is 2.35. The zero-order chi connectivity index (χ0) is 24.2. The Kier molecular flexibility index (Phi) is 6.61. The number of rotatable bonds is 7. The number of hydrogen-bond donors (Lipinski definition) is 1. The Hall–Kier alpha value is -3.94. The lowest BCUT2D eigenvalue weighted by Crippen LogP contribution is -2.41. The molecular weight excluding hydrogens is 442 g/mol. The minimum atomic E-state index is -0.00455. The SMILES string of the molecule is COc1ccc(-c2noc3ncnc(N4CCC(C(=O)NCC(C)c5ccccc5)CC4)c23)cc1. The molecule has 0 saturated carbocycles. The molecular formula is C27H29N5O3. The molecule has 1 saturated heterocycles. The molecule has 1 aliphatic heterocycles. The third-order valence-electron chi connectivity index (χ3n) is 6.73. The van der Waals surface area contributed by atoms with E-state index in [9.17, 15) is 4.79 Å². The van der Waals surface area contributed by atoms with E-state index in [0.29, 0.717) is 18.0 Å². The average molecular weight is 472 g/mol. The van der Waals surface area contributed by atoms with Gasteiger partial charge in [0.15, 0.2) is 0 Å². The fourth-order valence-electron chi connectivity index (χ4n) is 4.61. The molecule has 0 bridgehead atoms. The van der Waals surface area contributed by atoms with Gasteiger partial charge in [-0.3, -0.25) is 4.79 Å². The first-order valence-corrected chi connectivity index (χ1v) is 12.0. The first-order valence-electron chi connectivity index (χ1n) is 12.0. The average Bonchev–Trinajstić information content (AvgIpc) is 3.36. The van der Waals surface area contributed by atoms with Gasteiger partial charge in [-0.2, -0.15) is 4.98 Å². The number of amides is 1. The highest BCUT2D eigenvalue weighted by atomic mass is 16.5. The van der Waals surface area contributed by atoms with E-state index in [-0.39, 0.29) is 17.7 Å². The van der Waals surface area contributed by atoms with Gasteiger partial charge in [0.25, 0.3) is 5.71 Å². The maximum absolute atomic E-state index is 12.8. The van der Waals surface area contributed by atoms with Gasteiger partial charge in [-0.15, -0.1) is 0 Å². The lowest BCUT2D eigenvalue weighted by Gasteiger charge is -2.32. The molecule has 4 aromatic rings. The monoisotopic (exact) mass is 471 g/mol. The van der Waals surface area contributed by atoms with E-state index >= 15 is 0 Å². The molecule has 35 heavy (non-hydrogen) atoms. The zero-order valence-corrected chi connectivity index (χ0v) is 20.0. The maximum Gasteiger partial charge on any atom is 0.263 e. The van der Waals surface area contributed by atoms with Crippen LogP contribution >= 0.6 is 0 Å². The van der Waals surface area contributed by atoms with Crippen molar-refractivity contribution in [1.29, 1.82) is 0 Å². The van der Waals surface area contributed by atoms with Crippen molar-refractivity contribution in [3.8, 4) is 17.0 Å². The number of nitrogens with one attached hydrogen (secondary N) is 1. The molecule has 1 atom stereocenters. The molecule has 1 unspecified atom stereocenters. The smallest absolute Gasteiger partial charge is 0.263 e. The number of piperidine rings is 1. The van der Waals surface area contributed by atoms with Crippen LogP contribution in [0.2, 0.25) is 0 Å². The van der Waals surface area contributed by atoms with Crippen LogP contribution in [0.1, 0.15) is 31.2 Å². The molecule has 180 valence electrons. The van der Waals surface area contributed by atoms with Crippen molar-refractivity contribution in [3.63, 3.8) is 0 Å². The van der Waals surface area contributed by atoms with Crippen molar-refractivity contribution in [2.75, 3.05) is 31.6 Å². The third-order valence-corrected chi connectivity index (χ3v) is 6.73. The molecule has 3 heterocycles. The Morgan fingerprint density at radius 3 is 2.57 bits per heavy atom. The predicted octanol–water partition coefficient (Wildman–Crippen LogP) is 4.43. The summed E-state index contributed by atoms with van der Waals surface area (Å²) in [5.74, 6) is 1.97. The molecule has 5 rings (SSSR count). The van der Waals surface area contributed by atoms with Gasteiger partial charge < -0.3 is 19.5 Å². The quantitative estimate of drug-likeness (QED) is 0.426. The van der Waals surface area contributed by atoms with E-state index in [1.165, 1.54) is 11.9 Å². The first kappa shape index (κ1) is 22.8. The largest absolute Gasteiger partial charge is 0.497 e. The summed E-state index contributed by atoms with van der Waals surface area (Å²) in [7, 11) is 1.64. The highest BCUT2D eigenvalue weighted by molar-refractivity contribution is 5.98. The number of carbonyl (C=O) groups excluding carboxylic acids is 1. The summed E-state index contributed by atoms with van der Waals surface area (Å²) in [6.45, 7) is 4.23. The van der Waals surface area contributed by atoms with Crippen LogP contribution in [0.5, 0.6) is 5.75 Å². The van der Waals surface area contributed by atoms with E-state index in [1.54, 1.807) is 7.11 Å². The van der Waals surface area contributed by atoms with Gasteiger partial charge in [0.05, 0.1) is 7.11 Å². The fourth-order valence-corrected chi connectivity index (χ4v) is 4.61. The van der Waals surface area contributed by atoms with Gasteiger partial charge in [-0.1, -0.05) is 42.4 Å². The van der Waals surface area contributed by atoms with E-state index in [4.69, 9.17) is 9.26 Å². The fraction of sp³-hybridized carbons (Fsp3) is 0.333. The maximum atomic E-state index is 12.8. The normalized spacial score (nSPS) is 15.2. The van der Waals surface area contributed by atoms with Crippen molar-refractivity contribution in [1.82, 2.24) is 20.4 Å². The van der Waals surface area contributed by atoms with Crippen LogP contribution in [0.25, 0.3) is 22.4 Å². The first-order chi connectivity index (χ1) is 17.1. The summed E-state index contributed by atoms with van der Waals surface area (Å²) in [4.78, 5) is 23.9. The third kappa shape index (κ3) is 4.82. The number of methoxy groups -OCH3 is 1. The van der Waals surface area contributed by atoms with Crippen molar-refractivity contribution in [2.24, 2.45) is 5.92 Å². The number of ether oxygens (including phenoxy) is 1. The Bertz CT molecular complexity index is 1280. The van der Waals surface area contributed by atoms with Gasteiger partial charge >= 0.3 is 0 Å². The summed E-state index contributed by atoms with van der Waals surface area (Å²) in [5.41, 5.74) is 3.29. The molecule has 1 N–H and O–H groups in total. The zero-order valence-electron chi connectivity index (χ0n) is 20.0. The number of anilines is 1. The van der Waals surface area contributed by atoms with E-state index in [2.05, 4.69) is 44.4 Å². The van der Waals surface area contributed by atoms with E-state index < -0.39 is 0 Å². The number of hydrogen-bond acceptors (Lipinski definition) is 7. The summed E-state index contributed by atoms with van der Waals surface area (Å²) < 4.78 is 10.8. The van der Waals surface area contributed by atoms with Crippen LogP contribution in [0.4, 0.5) is 5.82 Å². The second-order valence-electron chi connectivity index (χ2n) is 8.96. The van der Waals surface area contributed by atoms with Crippen LogP contribution in [0, 0.1) is 5.92 Å². The highest BCUT2D eigenvalue weighted by Gasteiger charge is 2.28. The molecule has 1 aliphatic rings. The summed E-state index contributed by atoms with van der Waals surface area (Å²) in [6, 6.07) is 17.9. The van der Waals surface area contributed by atoms with Crippen LogP contribution in [0.3, 0.4) is 0 Å². The van der Waals surface area contributed by atoms with Crippen LogP contribution in [-0.2, 0) is 4.79 Å². The van der Waals surface area contributed by atoms with Crippen molar-refractivity contribution in [3.05, 3.63) is 66.5 Å². The van der Waals surface area contributed by atoms with Crippen LogP contribution in [0.15, 0.2) is 65.4 Å². The number of carbonyl (C=O) groups is 1. The topological polar surface area (TPSA) is 93.4 Å². The molecule has 0 aliphatic carbocycles. The Balaban J connectivity index is 1.26. The standard InChI is InChI=1S/C27H29N5O3/c1-18(19-6-4-3-5-7-19)16-28-26(33)21-12-14-32(15-13-21)25-23-24(31-35-27(23)30-17-29-25)20-8-10-22(34-2)11-9-20/h3-11,17-18,21H,12-16H2,1-2H3,(H,28,33). The summed E-state index contributed by atoms with van der Waals surface area (Å²) in [6.07, 6.45) is 3.03. The number of fused-ring (bicyclic) bond motifs is 1. The van der Waals surface area contributed by atoms with Crippen molar-refractivity contribution >= 4 is 22.8 Å². The van der Waals surface area contributed by atoms with Gasteiger partial charge in [0.1, 0.15) is 29.0 Å². The molecule has 0 spiro atoms. The molecule has 8 heteroatoms. The Morgan fingerprint density at radius 2 is 1.86 bits per heavy atom. The summed E-state index contributed by atoms with van der Waals surface area (Å²) >= 11 is 0. The van der Waals surface area contributed by atoms with E-state index in [1.807, 2.05) is 42.5 Å². The van der Waals surface area contributed by atoms with Gasteiger partial charge in [0, 0.05) is 31.1 Å². The summed E-state index contributed by atoms with van der Waals surface area (Å²) in [5, 5.41) is 8.22. The molecule has 2 aromatic heterocycles. The van der Waals surface area contributed by atoms with E-state index in [0.717, 1.165) is 48.4 Å². The lowest BCUT2D eigenvalue weighted by molar-refractivity contribution is -0.125. The Morgan fingerprint density at radius 1 is 1.11 bits per heavy atom. The second kappa shape index (κ2) is 10.1. The number of nitrogens with zero attached hydrogens (tertiary/aromatic N) is 4.